The van der Waals surface area contributed by atoms with Gasteiger partial charge in [0.1, 0.15) is 0 Å². The van der Waals surface area contributed by atoms with Crippen LogP contribution in [0.2, 0.25) is 0 Å². The number of hydrogen-bond donors (Lipinski definition) is 1. The summed E-state index contributed by atoms with van der Waals surface area (Å²) < 4.78 is 5.71. The molecule has 0 radical (unpaired) electrons. The standard InChI is InChI=1S/C23H32N4OS.HI/c1-19-6-3-4-7-20(19)23(9-15-28-16-10-23)18-25-22(24-2)27-13-11-26(12-14-27)21-8-5-17-29-21;/h3-8,17H,9-16,18H2,1-2H3,(H,24,25);1H. The summed E-state index contributed by atoms with van der Waals surface area (Å²) >= 11 is 1.82. The number of guanidine groups is 1. The topological polar surface area (TPSA) is 40.1 Å². The average Bonchev–Trinajstić information content (AvgIpc) is 3.31. The molecule has 2 aromatic rings. The van der Waals surface area contributed by atoms with Gasteiger partial charge in [-0.3, -0.25) is 4.99 Å². The Hall–Kier alpha value is -1.32. The highest BCUT2D eigenvalue weighted by Crippen LogP contribution is 2.36. The Morgan fingerprint density at radius 3 is 2.47 bits per heavy atom. The number of aliphatic imine (C=N–C) groups is 1. The van der Waals surface area contributed by atoms with E-state index in [0.29, 0.717) is 0 Å². The number of rotatable bonds is 4. The lowest BCUT2D eigenvalue weighted by molar-refractivity contribution is 0.0509. The fourth-order valence-electron chi connectivity index (χ4n) is 4.64. The molecule has 2 aliphatic rings. The molecule has 5 nitrogen and oxygen atoms in total. The van der Waals surface area contributed by atoms with Crippen LogP contribution >= 0.6 is 35.3 Å². The van der Waals surface area contributed by atoms with E-state index in [4.69, 9.17) is 4.74 Å². The van der Waals surface area contributed by atoms with Gasteiger partial charge >= 0.3 is 0 Å². The molecule has 164 valence electrons. The number of halogens is 1. The lowest BCUT2D eigenvalue weighted by Gasteiger charge is -2.41. The molecule has 2 saturated heterocycles. The van der Waals surface area contributed by atoms with Crippen LogP contribution in [0.1, 0.15) is 24.0 Å². The van der Waals surface area contributed by atoms with E-state index >= 15 is 0 Å². The van der Waals surface area contributed by atoms with E-state index in [9.17, 15) is 0 Å². The van der Waals surface area contributed by atoms with Crippen LogP contribution in [0.15, 0.2) is 46.8 Å². The summed E-state index contributed by atoms with van der Waals surface area (Å²) in [6.07, 6.45) is 2.10. The smallest absolute Gasteiger partial charge is 0.193 e. The summed E-state index contributed by atoms with van der Waals surface area (Å²) in [6.45, 7) is 8.86. The predicted octanol–water partition coefficient (Wildman–Crippen LogP) is 4.12. The molecule has 2 aliphatic heterocycles. The first-order valence-electron chi connectivity index (χ1n) is 10.6. The van der Waals surface area contributed by atoms with Gasteiger partial charge in [-0.15, -0.1) is 35.3 Å². The van der Waals surface area contributed by atoms with Gasteiger partial charge in [0.05, 0.1) is 5.00 Å². The second-order valence-corrected chi connectivity index (χ2v) is 8.96. The molecule has 0 bridgehead atoms. The second kappa shape index (κ2) is 10.8. The van der Waals surface area contributed by atoms with Gasteiger partial charge < -0.3 is 19.9 Å². The largest absolute Gasteiger partial charge is 0.381 e. The van der Waals surface area contributed by atoms with Crippen LogP contribution < -0.4 is 10.2 Å². The Morgan fingerprint density at radius 2 is 1.83 bits per heavy atom. The molecular formula is C23H33IN4OS. The summed E-state index contributed by atoms with van der Waals surface area (Å²) in [7, 11) is 1.90. The zero-order valence-corrected chi connectivity index (χ0v) is 21.1. The molecule has 1 aromatic carbocycles. The van der Waals surface area contributed by atoms with Crippen molar-refractivity contribution in [3.05, 3.63) is 52.9 Å². The Balaban J connectivity index is 0.00000256. The van der Waals surface area contributed by atoms with E-state index in [1.54, 1.807) is 0 Å². The highest BCUT2D eigenvalue weighted by molar-refractivity contribution is 14.0. The minimum atomic E-state index is 0. The van der Waals surface area contributed by atoms with E-state index < -0.39 is 0 Å². The Morgan fingerprint density at radius 1 is 1.10 bits per heavy atom. The maximum Gasteiger partial charge on any atom is 0.193 e. The Bertz CT molecular complexity index is 812. The summed E-state index contributed by atoms with van der Waals surface area (Å²) in [5, 5.41) is 7.25. The number of thiophene rings is 1. The molecule has 0 atom stereocenters. The van der Waals surface area contributed by atoms with Gasteiger partial charge in [0.25, 0.3) is 0 Å². The van der Waals surface area contributed by atoms with Gasteiger partial charge in [-0.25, -0.2) is 0 Å². The van der Waals surface area contributed by atoms with Gasteiger partial charge in [-0.2, -0.15) is 0 Å². The molecule has 4 rings (SSSR count). The van der Waals surface area contributed by atoms with Gasteiger partial charge in [0.2, 0.25) is 0 Å². The van der Waals surface area contributed by atoms with Crippen LogP contribution in [0.3, 0.4) is 0 Å². The molecule has 0 saturated carbocycles. The van der Waals surface area contributed by atoms with Crippen molar-refractivity contribution in [3.63, 3.8) is 0 Å². The summed E-state index contributed by atoms with van der Waals surface area (Å²) in [4.78, 5) is 9.49. The predicted molar refractivity (Wildman–Crippen MR) is 138 cm³/mol. The normalized spacial score (nSPS) is 19.3. The number of nitrogens with zero attached hydrogens (tertiary/aromatic N) is 3. The Labute approximate surface area is 201 Å². The number of nitrogens with one attached hydrogen (secondary N) is 1. The van der Waals surface area contributed by atoms with Gasteiger partial charge in [-0.05, 0) is 48.4 Å². The maximum absolute atomic E-state index is 5.71. The van der Waals surface area contributed by atoms with Crippen LogP contribution in [0.5, 0.6) is 0 Å². The Kier molecular flexibility index (Phi) is 8.42. The molecule has 3 heterocycles. The third kappa shape index (κ3) is 5.11. The molecule has 30 heavy (non-hydrogen) atoms. The van der Waals surface area contributed by atoms with Crippen LogP contribution in [0.25, 0.3) is 0 Å². The first kappa shape index (κ1) is 23.3. The number of aryl methyl sites for hydroxylation is 1. The molecule has 1 aromatic heterocycles. The summed E-state index contributed by atoms with van der Waals surface area (Å²) in [6, 6.07) is 13.2. The fourth-order valence-corrected chi connectivity index (χ4v) is 5.43. The molecular weight excluding hydrogens is 507 g/mol. The zero-order valence-electron chi connectivity index (χ0n) is 18.0. The van der Waals surface area contributed by atoms with Crippen molar-refractivity contribution in [2.45, 2.75) is 25.2 Å². The monoisotopic (exact) mass is 540 g/mol. The van der Waals surface area contributed by atoms with Crippen LogP contribution in [0.4, 0.5) is 5.00 Å². The molecule has 0 amide bonds. The van der Waals surface area contributed by atoms with Crippen LogP contribution in [-0.2, 0) is 10.2 Å². The van der Waals surface area contributed by atoms with Crippen molar-refractivity contribution in [2.75, 3.05) is 57.9 Å². The number of ether oxygens (including phenoxy) is 1. The minimum absolute atomic E-state index is 0. The maximum atomic E-state index is 5.71. The lowest BCUT2D eigenvalue weighted by atomic mass is 9.72. The number of piperazine rings is 1. The van der Waals surface area contributed by atoms with Crippen molar-refractivity contribution in [1.29, 1.82) is 0 Å². The van der Waals surface area contributed by atoms with Crippen molar-refractivity contribution in [3.8, 4) is 0 Å². The summed E-state index contributed by atoms with van der Waals surface area (Å²) in [5.41, 5.74) is 2.93. The van der Waals surface area contributed by atoms with E-state index in [-0.39, 0.29) is 29.4 Å². The molecule has 2 fully saturated rings. The molecule has 1 N–H and O–H groups in total. The van der Waals surface area contributed by atoms with Crippen LogP contribution in [-0.4, -0.2) is 63.8 Å². The minimum Gasteiger partial charge on any atom is -0.381 e. The van der Waals surface area contributed by atoms with Gasteiger partial charge in [0, 0.05) is 58.4 Å². The van der Waals surface area contributed by atoms with Crippen molar-refractivity contribution < 1.29 is 4.74 Å². The van der Waals surface area contributed by atoms with E-state index in [1.807, 2.05) is 18.4 Å². The number of anilines is 1. The SMILES string of the molecule is CN=C(NCC1(c2ccccc2C)CCOCC1)N1CCN(c2cccs2)CC1.I. The van der Waals surface area contributed by atoms with Crippen LogP contribution in [0, 0.1) is 6.92 Å². The van der Waals surface area contributed by atoms with E-state index in [1.165, 1.54) is 16.1 Å². The zero-order chi connectivity index (χ0) is 20.1. The highest BCUT2D eigenvalue weighted by Gasteiger charge is 2.36. The third-order valence-electron chi connectivity index (χ3n) is 6.36. The first-order valence-corrected chi connectivity index (χ1v) is 11.5. The molecule has 7 heteroatoms. The molecule has 0 unspecified atom stereocenters. The van der Waals surface area contributed by atoms with E-state index in [0.717, 1.165) is 64.7 Å². The fraction of sp³-hybridized carbons (Fsp3) is 0.522. The average molecular weight is 541 g/mol. The van der Waals surface area contributed by atoms with Gasteiger partial charge in [0.15, 0.2) is 5.96 Å². The quantitative estimate of drug-likeness (QED) is 0.360. The lowest BCUT2D eigenvalue weighted by Crippen LogP contribution is -2.55. The second-order valence-electron chi connectivity index (χ2n) is 8.03. The van der Waals surface area contributed by atoms with Gasteiger partial charge in [-0.1, -0.05) is 24.3 Å². The molecule has 0 aliphatic carbocycles. The highest BCUT2D eigenvalue weighted by atomic mass is 127. The van der Waals surface area contributed by atoms with Crippen molar-refractivity contribution in [1.82, 2.24) is 10.2 Å². The van der Waals surface area contributed by atoms with Crippen molar-refractivity contribution >= 4 is 46.3 Å². The van der Waals surface area contributed by atoms with E-state index in [2.05, 4.69) is 68.8 Å². The number of hydrogen-bond acceptors (Lipinski definition) is 4. The molecule has 0 spiro atoms. The van der Waals surface area contributed by atoms with Crippen molar-refractivity contribution in [2.24, 2.45) is 4.99 Å². The third-order valence-corrected chi connectivity index (χ3v) is 7.29. The number of benzene rings is 1. The first-order chi connectivity index (χ1) is 14.2. The summed E-state index contributed by atoms with van der Waals surface area (Å²) in [5.74, 6) is 1.02.